The van der Waals surface area contributed by atoms with E-state index in [0.29, 0.717) is 19.3 Å². The molecular formula is C68H116O6. The minimum Gasteiger partial charge on any atom is -0.462 e. The number of hydrogen-bond acceptors (Lipinski definition) is 6. The monoisotopic (exact) mass is 1030 g/mol. The Morgan fingerprint density at radius 1 is 0.284 bits per heavy atom. The fourth-order valence-electron chi connectivity index (χ4n) is 8.61. The zero-order valence-electron chi connectivity index (χ0n) is 48.6. The largest absolute Gasteiger partial charge is 0.462 e. The lowest BCUT2D eigenvalue weighted by molar-refractivity contribution is -0.167. The first-order valence-corrected chi connectivity index (χ1v) is 31.2. The van der Waals surface area contributed by atoms with Gasteiger partial charge in [-0.25, -0.2) is 0 Å². The summed E-state index contributed by atoms with van der Waals surface area (Å²) in [5.74, 6) is -0.915. The van der Waals surface area contributed by atoms with Crippen LogP contribution in [0.5, 0.6) is 0 Å². The first kappa shape index (κ1) is 70.3. The van der Waals surface area contributed by atoms with Gasteiger partial charge in [0.05, 0.1) is 0 Å². The Kier molecular flexibility index (Phi) is 58.8. The third-order valence-electron chi connectivity index (χ3n) is 13.3. The molecule has 6 nitrogen and oxygen atoms in total. The lowest BCUT2D eigenvalue weighted by Crippen LogP contribution is -2.30. The van der Waals surface area contributed by atoms with Crippen molar-refractivity contribution in [3.05, 3.63) is 97.2 Å². The highest BCUT2D eigenvalue weighted by Crippen LogP contribution is 2.15. The number of unbranched alkanes of at least 4 members (excludes halogenated alkanes) is 29. The second kappa shape index (κ2) is 61.9. The molecule has 0 heterocycles. The fraction of sp³-hybridized carbons (Fsp3) is 0.721. The van der Waals surface area contributed by atoms with E-state index in [4.69, 9.17) is 14.2 Å². The summed E-state index contributed by atoms with van der Waals surface area (Å²) < 4.78 is 16.9. The molecule has 0 N–H and O–H groups in total. The molecule has 74 heavy (non-hydrogen) atoms. The van der Waals surface area contributed by atoms with Gasteiger partial charge in [0.1, 0.15) is 13.2 Å². The van der Waals surface area contributed by atoms with E-state index in [1.54, 1.807) is 0 Å². The Morgan fingerprint density at radius 2 is 0.527 bits per heavy atom. The van der Waals surface area contributed by atoms with Crippen molar-refractivity contribution in [1.29, 1.82) is 0 Å². The van der Waals surface area contributed by atoms with Crippen molar-refractivity contribution in [2.24, 2.45) is 0 Å². The van der Waals surface area contributed by atoms with Crippen LogP contribution in [0.15, 0.2) is 97.2 Å². The van der Waals surface area contributed by atoms with Gasteiger partial charge in [-0.15, -0.1) is 0 Å². The van der Waals surface area contributed by atoms with E-state index in [9.17, 15) is 14.4 Å². The van der Waals surface area contributed by atoms with Crippen LogP contribution in [0, 0.1) is 0 Å². The van der Waals surface area contributed by atoms with Gasteiger partial charge in [-0.1, -0.05) is 253 Å². The van der Waals surface area contributed by atoms with Gasteiger partial charge in [0.2, 0.25) is 0 Å². The van der Waals surface area contributed by atoms with E-state index in [2.05, 4.69) is 118 Å². The minimum absolute atomic E-state index is 0.0905. The normalized spacial score (nSPS) is 12.7. The second-order valence-electron chi connectivity index (χ2n) is 20.6. The van der Waals surface area contributed by atoms with Crippen molar-refractivity contribution in [3.8, 4) is 0 Å². The number of rotatable bonds is 56. The topological polar surface area (TPSA) is 78.9 Å². The molecule has 0 radical (unpaired) electrons. The molecule has 0 bridgehead atoms. The SMILES string of the molecule is CC/C=C\C/C=C\C/C=C\CCCCCCCC(=O)OCC(COC(=O)CCCCCCCCCC/C=C\C/C=C\C/C=C\CCCCCCC)OC(=O)CCCCCCCCC/C=C\C/C=C\CCCCCC. The molecule has 0 aromatic rings. The molecule has 1 unspecified atom stereocenters. The number of ether oxygens (including phenoxy) is 3. The van der Waals surface area contributed by atoms with E-state index in [-0.39, 0.29) is 31.1 Å². The Labute approximate surface area is 457 Å². The van der Waals surface area contributed by atoms with Gasteiger partial charge in [-0.3, -0.25) is 14.4 Å². The first-order chi connectivity index (χ1) is 36.5. The summed E-state index contributed by atoms with van der Waals surface area (Å²) in [7, 11) is 0. The predicted octanol–water partition coefficient (Wildman–Crippen LogP) is 21.3. The molecule has 0 spiro atoms. The van der Waals surface area contributed by atoms with E-state index >= 15 is 0 Å². The molecular weight excluding hydrogens is 913 g/mol. The lowest BCUT2D eigenvalue weighted by Gasteiger charge is -2.18. The highest BCUT2D eigenvalue weighted by Gasteiger charge is 2.19. The highest BCUT2D eigenvalue weighted by atomic mass is 16.6. The van der Waals surface area contributed by atoms with Crippen LogP contribution in [0.25, 0.3) is 0 Å². The molecule has 0 saturated carbocycles. The van der Waals surface area contributed by atoms with E-state index in [1.807, 2.05) is 0 Å². The minimum atomic E-state index is -0.795. The molecule has 1 atom stereocenters. The quantitative estimate of drug-likeness (QED) is 0.0261. The highest BCUT2D eigenvalue weighted by molar-refractivity contribution is 5.71. The van der Waals surface area contributed by atoms with Crippen LogP contribution in [-0.2, 0) is 28.6 Å². The van der Waals surface area contributed by atoms with Crippen LogP contribution in [-0.4, -0.2) is 37.2 Å². The Balaban J connectivity index is 4.40. The summed E-state index contributed by atoms with van der Waals surface area (Å²) >= 11 is 0. The molecule has 0 aromatic heterocycles. The summed E-state index contributed by atoms with van der Waals surface area (Å²) in [5, 5.41) is 0. The van der Waals surface area contributed by atoms with Crippen molar-refractivity contribution >= 4 is 17.9 Å². The van der Waals surface area contributed by atoms with Gasteiger partial charge in [-0.05, 0) is 122 Å². The molecule has 0 fully saturated rings. The second-order valence-corrected chi connectivity index (χ2v) is 20.6. The van der Waals surface area contributed by atoms with Crippen molar-refractivity contribution in [2.45, 2.75) is 303 Å². The van der Waals surface area contributed by atoms with E-state index in [0.717, 1.165) is 128 Å². The molecule has 0 aromatic carbocycles. The smallest absolute Gasteiger partial charge is 0.306 e. The average Bonchev–Trinajstić information content (AvgIpc) is 3.40. The third kappa shape index (κ3) is 59.2. The Morgan fingerprint density at radius 3 is 0.838 bits per heavy atom. The van der Waals surface area contributed by atoms with Gasteiger partial charge in [0.25, 0.3) is 0 Å². The van der Waals surface area contributed by atoms with Crippen LogP contribution in [0.3, 0.4) is 0 Å². The fourth-order valence-corrected chi connectivity index (χ4v) is 8.61. The standard InChI is InChI=1S/C68H116O6/c1-4-7-10-13-16-19-22-25-28-30-32-33-34-35-36-38-40-43-46-49-52-55-58-61-67(70)73-64-65(63-72-66(69)60-57-54-51-48-45-42-39-27-24-21-18-15-12-9-6-3)74-68(71)62-59-56-53-50-47-44-41-37-31-29-26-23-20-17-14-11-8-5-2/h9,12,18,20-23,25,27,29-32,34-35,39,65H,4-8,10-11,13-17,19,24,26,28,33,36-38,40-64H2,1-3H3/b12-9-,21-18-,23-20-,25-22-,31-29-,32-30-,35-34-,39-27-. The number of carbonyl (C=O) groups excluding carboxylic acids is 3. The molecule has 0 rings (SSSR count). The van der Waals surface area contributed by atoms with Gasteiger partial charge >= 0.3 is 17.9 Å². The molecule has 6 heteroatoms. The number of esters is 3. The molecule has 0 amide bonds. The van der Waals surface area contributed by atoms with Crippen LogP contribution in [0.4, 0.5) is 0 Å². The Bertz CT molecular complexity index is 1460. The zero-order chi connectivity index (χ0) is 53.6. The molecule has 0 saturated heterocycles. The number of hydrogen-bond donors (Lipinski definition) is 0. The third-order valence-corrected chi connectivity index (χ3v) is 13.3. The number of carbonyl (C=O) groups is 3. The van der Waals surface area contributed by atoms with Crippen molar-refractivity contribution in [2.75, 3.05) is 13.2 Å². The van der Waals surface area contributed by atoms with Crippen LogP contribution in [0.1, 0.15) is 297 Å². The van der Waals surface area contributed by atoms with Crippen LogP contribution in [0.2, 0.25) is 0 Å². The molecule has 0 aliphatic carbocycles. The van der Waals surface area contributed by atoms with Gasteiger partial charge in [-0.2, -0.15) is 0 Å². The summed E-state index contributed by atoms with van der Waals surface area (Å²) in [6.07, 6.45) is 82.6. The number of allylic oxidation sites excluding steroid dienone is 16. The van der Waals surface area contributed by atoms with Gasteiger partial charge < -0.3 is 14.2 Å². The van der Waals surface area contributed by atoms with Gasteiger partial charge in [0.15, 0.2) is 6.10 Å². The van der Waals surface area contributed by atoms with Crippen molar-refractivity contribution < 1.29 is 28.6 Å². The summed E-state index contributed by atoms with van der Waals surface area (Å²) in [6.45, 7) is 6.49. The summed E-state index contributed by atoms with van der Waals surface area (Å²) in [5.41, 5.74) is 0. The molecule has 424 valence electrons. The van der Waals surface area contributed by atoms with Crippen molar-refractivity contribution in [3.63, 3.8) is 0 Å². The van der Waals surface area contributed by atoms with Crippen molar-refractivity contribution in [1.82, 2.24) is 0 Å². The van der Waals surface area contributed by atoms with Gasteiger partial charge in [0, 0.05) is 19.3 Å². The zero-order valence-corrected chi connectivity index (χ0v) is 48.6. The maximum absolute atomic E-state index is 12.9. The maximum atomic E-state index is 12.9. The van der Waals surface area contributed by atoms with E-state index in [1.165, 1.54) is 128 Å². The predicted molar refractivity (Wildman–Crippen MR) is 320 cm³/mol. The Hall–Kier alpha value is -3.67. The van der Waals surface area contributed by atoms with Crippen LogP contribution < -0.4 is 0 Å². The molecule has 0 aliphatic rings. The summed E-state index contributed by atoms with van der Waals surface area (Å²) in [4.78, 5) is 38.3. The molecule has 0 aliphatic heterocycles. The first-order valence-electron chi connectivity index (χ1n) is 31.2. The maximum Gasteiger partial charge on any atom is 0.306 e. The lowest BCUT2D eigenvalue weighted by atomic mass is 10.1. The van der Waals surface area contributed by atoms with Crippen LogP contribution >= 0.6 is 0 Å². The average molecular weight is 1030 g/mol. The summed E-state index contributed by atoms with van der Waals surface area (Å²) in [6, 6.07) is 0. The van der Waals surface area contributed by atoms with E-state index < -0.39 is 6.10 Å².